The van der Waals surface area contributed by atoms with Crippen molar-refractivity contribution in [3.05, 3.63) is 70.2 Å². The molecule has 0 fully saturated rings. The standard InChI is InChI=1S/C19H17N3OS2/c1-13-11-14(2)21-19(20-13)25-17-6-4-16(5-7-17)22-18(23)8-3-15-9-10-24-12-15/h3-12H,1-2H3,(H,22,23)/b8-3+. The largest absolute Gasteiger partial charge is 0.323 e. The number of rotatable bonds is 5. The summed E-state index contributed by atoms with van der Waals surface area (Å²) >= 11 is 3.11. The molecule has 0 aliphatic rings. The Morgan fingerprint density at radius 2 is 1.84 bits per heavy atom. The predicted molar refractivity (Wildman–Crippen MR) is 104 cm³/mol. The summed E-state index contributed by atoms with van der Waals surface area (Å²) in [7, 11) is 0. The summed E-state index contributed by atoms with van der Waals surface area (Å²) in [6.07, 6.45) is 3.33. The minimum Gasteiger partial charge on any atom is -0.323 e. The topological polar surface area (TPSA) is 54.9 Å². The summed E-state index contributed by atoms with van der Waals surface area (Å²) in [6, 6.07) is 11.6. The van der Waals surface area contributed by atoms with Crippen LogP contribution in [0, 0.1) is 13.8 Å². The van der Waals surface area contributed by atoms with Gasteiger partial charge in [-0.3, -0.25) is 4.79 Å². The van der Waals surface area contributed by atoms with Gasteiger partial charge in [0.2, 0.25) is 5.91 Å². The van der Waals surface area contributed by atoms with Gasteiger partial charge >= 0.3 is 0 Å². The van der Waals surface area contributed by atoms with Crippen molar-refractivity contribution in [2.45, 2.75) is 23.9 Å². The Kier molecular flexibility index (Phi) is 5.63. The molecule has 0 atom stereocenters. The Balaban J connectivity index is 1.61. The SMILES string of the molecule is Cc1cc(C)nc(Sc2ccc(NC(=O)/C=C/c3ccsc3)cc2)n1. The van der Waals surface area contributed by atoms with Crippen molar-refractivity contribution in [2.75, 3.05) is 5.32 Å². The molecule has 0 spiro atoms. The molecule has 0 radical (unpaired) electrons. The van der Waals surface area contributed by atoms with Crippen molar-refractivity contribution in [1.29, 1.82) is 0 Å². The molecule has 3 aromatic rings. The highest BCUT2D eigenvalue weighted by Crippen LogP contribution is 2.26. The molecule has 0 aliphatic carbocycles. The normalized spacial score (nSPS) is 11.0. The van der Waals surface area contributed by atoms with Crippen LogP contribution in [0.2, 0.25) is 0 Å². The summed E-state index contributed by atoms with van der Waals surface area (Å²) in [5.41, 5.74) is 3.69. The monoisotopic (exact) mass is 367 g/mol. The number of aryl methyl sites for hydroxylation is 2. The molecule has 0 bridgehead atoms. The fourth-order valence-electron chi connectivity index (χ4n) is 2.18. The van der Waals surface area contributed by atoms with Gasteiger partial charge in [-0.25, -0.2) is 9.97 Å². The van der Waals surface area contributed by atoms with Gasteiger partial charge in [0.1, 0.15) is 0 Å². The van der Waals surface area contributed by atoms with Crippen molar-refractivity contribution < 1.29 is 4.79 Å². The van der Waals surface area contributed by atoms with Crippen molar-refractivity contribution >= 4 is 40.8 Å². The van der Waals surface area contributed by atoms with E-state index in [1.807, 2.05) is 61.0 Å². The van der Waals surface area contributed by atoms with Gasteiger partial charge in [-0.2, -0.15) is 11.3 Å². The molecule has 1 aromatic carbocycles. The second kappa shape index (κ2) is 8.09. The van der Waals surface area contributed by atoms with Gasteiger partial charge in [0.05, 0.1) is 0 Å². The lowest BCUT2D eigenvalue weighted by atomic mass is 10.3. The number of hydrogen-bond donors (Lipinski definition) is 1. The second-order valence-corrected chi connectivity index (χ2v) is 7.26. The minimum absolute atomic E-state index is 0.149. The molecule has 0 unspecified atom stereocenters. The van der Waals surface area contributed by atoms with Crippen LogP contribution < -0.4 is 5.32 Å². The molecule has 0 aliphatic heterocycles. The van der Waals surface area contributed by atoms with Gasteiger partial charge < -0.3 is 5.32 Å². The van der Waals surface area contributed by atoms with Crippen molar-refractivity contribution in [3.63, 3.8) is 0 Å². The van der Waals surface area contributed by atoms with Gasteiger partial charge in [-0.05, 0) is 84.4 Å². The van der Waals surface area contributed by atoms with Crippen LogP contribution in [-0.4, -0.2) is 15.9 Å². The zero-order chi connectivity index (χ0) is 17.6. The fraction of sp³-hybridized carbons (Fsp3) is 0.105. The Morgan fingerprint density at radius 3 is 2.48 bits per heavy atom. The first-order chi connectivity index (χ1) is 12.1. The number of nitrogens with one attached hydrogen (secondary N) is 1. The number of aromatic nitrogens is 2. The highest BCUT2D eigenvalue weighted by atomic mass is 32.2. The molecule has 0 saturated heterocycles. The molecular weight excluding hydrogens is 350 g/mol. The van der Waals surface area contributed by atoms with E-state index < -0.39 is 0 Å². The molecule has 4 nitrogen and oxygen atoms in total. The molecule has 2 heterocycles. The van der Waals surface area contributed by atoms with Crippen molar-refractivity contribution in [1.82, 2.24) is 9.97 Å². The summed E-state index contributed by atoms with van der Waals surface area (Å²) in [4.78, 5) is 21.8. The average Bonchev–Trinajstić information content (AvgIpc) is 3.07. The third-order valence-corrected chi connectivity index (χ3v) is 4.84. The van der Waals surface area contributed by atoms with E-state index in [0.29, 0.717) is 0 Å². The number of carbonyl (C=O) groups is 1. The van der Waals surface area contributed by atoms with Crippen LogP contribution in [0.25, 0.3) is 6.08 Å². The highest BCUT2D eigenvalue weighted by Gasteiger charge is 2.04. The Labute approximate surface area is 155 Å². The van der Waals surface area contributed by atoms with Crippen LogP contribution in [0.15, 0.2) is 63.3 Å². The van der Waals surface area contributed by atoms with Crippen molar-refractivity contribution in [3.8, 4) is 0 Å². The Morgan fingerprint density at radius 1 is 1.12 bits per heavy atom. The first kappa shape index (κ1) is 17.4. The lowest BCUT2D eigenvalue weighted by molar-refractivity contribution is -0.111. The lowest BCUT2D eigenvalue weighted by Crippen LogP contribution is -2.07. The molecule has 1 amide bonds. The molecule has 3 rings (SSSR count). The van der Waals surface area contributed by atoms with Crippen LogP contribution in [-0.2, 0) is 4.79 Å². The van der Waals surface area contributed by atoms with Gasteiger partial charge in [-0.15, -0.1) is 0 Å². The lowest BCUT2D eigenvalue weighted by Gasteiger charge is -2.05. The Hall–Kier alpha value is -2.44. The zero-order valence-electron chi connectivity index (χ0n) is 13.9. The van der Waals surface area contributed by atoms with Gasteiger partial charge in [-0.1, -0.05) is 0 Å². The first-order valence-electron chi connectivity index (χ1n) is 7.70. The number of amides is 1. The minimum atomic E-state index is -0.149. The number of anilines is 1. The molecule has 2 aromatic heterocycles. The quantitative estimate of drug-likeness (QED) is 0.512. The van der Waals surface area contributed by atoms with Crippen LogP contribution in [0.3, 0.4) is 0 Å². The number of carbonyl (C=O) groups excluding carboxylic acids is 1. The highest BCUT2D eigenvalue weighted by molar-refractivity contribution is 7.99. The summed E-state index contributed by atoms with van der Waals surface area (Å²) in [6.45, 7) is 3.92. The molecule has 1 N–H and O–H groups in total. The van der Waals surface area contributed by atoms with E-state index in [2.05, 4.69) is 15.3 Å². The van der Waals surface area contributed by atoms with E-state index in [9.17, 15) is 4.79 Å². The second-order valence-electron chi connectivity index (χ2n) is 5.44. The van der Waals surface area contributed by atoms with Gasteiger partial charge in [0, 0.05) is 28.0 Å². The maximum Gasteiger partial charge on any atom is 0.248 e. The molecule has 126 valence electrons. The number of thiophene rings is 1. The smallest absolute Gasteiger partial charge is 0.248 e. The van der Waals surface area contributed by atoms with E-state index >= 15 is 0 Å². The summed E-state index contributed by atoms with van der Waals surface area (Å²) in [5.74, 6) is -0.149. The molecular formula is C19H17N3OS2. The molecule has 0 saturated carbocycles. The number of nitrogens with zero attached hydrogens (tertiary/aromatic N) is 2. The van der Waals surface area contributed by atoms with E-state index in [-0.39, 0.29) is 5.91 Å². The van der Waals surface area contributed by atoms with Crippen LogP contribution in [0.5, 0.6) is 0 Å². The zero-order valence-corrected chi connectivity index (χ0v) is 15.5. The van der Waals surface area contributed by atoms with Crippen LogP contribution >= 0.6 is 23.1 Å². The van der Waals surface area contributed by atoms with E-state index in [1.165, 1.54) is 17.8 Å². The maximum absolute atomic E-state index is 11.9. The predicted octanol–water partition coefficient (Wildman–Crippen LogP) is 4.96. The number of hydrogen-bond acceptors (Lipinski definition) is 5. The third-order valence-electron chi connectivity index (χ3n) is 3.26. The van der Waals surface area contributed by atoms with Gasteiger partial charge in [0.15, 0.2) is 5.16 Å². The van der Waals surface area contributed by atoms with Crippen molar-refractivity contribution in [2.24, 2.45) is 0 Å². The maximum atomic E-state index is 11.9. The molecule has 6 heteroatoms. The first-order valence-corrected chi connectivity index (χ1v) is 9.46. The van der Waals surface area contributed by atoms with E-state index in [1.54, 1.807) is 17.4 Å². The third kappa shape index (κ3) is 5.27. The van der Waals surface area contributed by atoms with E-state index in [0.717, 1.165) is 32.7 Å². The Bertz CT molecular complexity index is 867. The molecule has 25 heavy (non-hydrogen) atoms. The van der Waals surface area contributed by atoms with E-state index in [4.69, 9.17) is 0 Å². The average molecular weight is 367 g/mol. The summed E-state index contributed by atoms with van der Waals surface area (Å²) < 4.78 is 0. The summed E-state index contributed by atoms with van der Waals surface area (Å²) in [5, 5.41) is 7.55. The fourth-order valence-corrected chi connectivity index (χ4v) is 3.67. The van der Waals surface area contributed by atoms with Gasteiger partial charge in [0.25, 0.3) is 0 Å². The van der Waals surface area contributed by atoms with Crippen LogP contribution in [0.4, 0.5) is 5.69 Å². The number of benzene rings is 1. The van der Waals surface area contributed by atoms with Crippen LogP contribution in [0.1, 0.15) is 17.0 Å².